The number of nitrogens with zero attached hydrogens (tertiary/aromatic N) is 1. The Bertz CT molecular complexity index is 2490. The Kier molecular flexibility index (Phi) is 7.48. The van der Waals surface area contributed by atoms with Crippen molar-refractivity contribution in [2.24, 2.45) is 0 Å². The van der Waals surface area contributed by atoms with Crippen LogP contribution in [0.2, 0.25) is 13.1 Å². The number of rotatable bonds is 4. The average molecular weight is 740 g/mol. The zero-order valence-electron chi connectivity index (χ0n) is 30.0. The Morgan fingerprint density at radius 2 is 1.13 bits per heavy atom. The van der Waals surface area contributed by atoms with Gasteiger partial charge in [-0.25, -0.2) is 0 Å². The number of benzene rings is 7. The molecule has 0 saturated carbocycles. The number of hydrogen-bond donors (Lipinski definition) is 0. The van der Waals surface area contributed by atoms with Crippen molar-refractivity contribution in [2.75, 3.05) is 4.90 Å². The predicted molar refractivity (Wildman–Crippen MR) is 223 cm³/mol. The summed E-state index contributed by atoms with van der Waals surface area (Å²) in [4.78, 5) is 7.27. The molecule has 0 atom stereocenters. The van der Waals surface area contributed by atoms with Crippen LogP contribution in [-0.4, -0.2) is 8.07 Å². The molecule has 0 spiro atoms. The Morgan fingerprint density at radius 3 is 1.98 bits per heavy atom. The molecule has 3 aliphatic rings. The van der Waals surface area contributed by atoms with Gasteiger partial charge < -0.3 is 14.4 Å². The van der Waals surface area contributed by atoms with E-state index in [0.29, 0.717) is 0 Å². The monoisotopic (exact) mass is 739 g/mol. The molecule has 10 rings (SSSR count). The van der Waals surface area contributed by atoms with Gasteiger partial charge in [-0.2, -0.15) is 0 Å². The third-order valence-corrected chi connectivity index (χ3v) is 16.9. The molecule has 0 fully saturated rings. The first kappa shape index (κ1) is 32.5. The van der Waals surface area contributed by atoms with E-state index in [9.17, 15) is 0 Å². The van der Waals surface area contributed by atoms with Crippen molar-refractivity contribution >= 4 is 59.0 Å². The van der Waals surface area contributed by atoms with Crippen LogP contribution in [0, 0.1) is 0 Å². The Balaban J connectivity index is 1.15. The summed E-state index contributed by atoms with van der Waals surface area (Å²) in [7, 11) is -2.08. The van der Waals surface area contributed by atoms with Gasteiger partial charge in [-0.15, -0.1) is 0 Å². The van der Waals surface area contributed by atoms with E-state index < -0.39 is 8.07 Å². The van der Waals surface area contributed by atoms with Crippen molar-refractivity contribution in [1.82, 2.24) is 0 Å². The first-order chi connectivity index (χ1) is 25.8. The highest BCUT2D eigenvalue weighted by Gasteiger charge is 2.40. The molecule has 0 saturated heterocycles. The van der Waals surface area contributed by atoms with Crippen LogP contribution >= 0.6 is 23.5 Å². The first-order valence-corrected chi connectivity index (χ1v) is 22.7. The Hall–Kier alpha value is -5.14. The van der Waals surface area contributed by atoms with Gasteiger partial charge >= 0.3 is 0 Å². The number of fused-ring (bicyclic) bond motifs is 6. The molecule has 0 aromatic heterocycles. The second-order valence-electron chi connectivity index (χ2n) is 14.9. The normalized spacial score (nSPS) is 15.2. The zero-order chi connectivity index (χ0) is 35.9. The number of hydrogen-bond acceptors (Lipinski definition) is 5. The third kappa shape index (κ3) is 5.11. The van der Waals surface area contributed by atoms with Gasteiger partial charge in [-0.05, 0) is 81.7 Å². The van der Waals surface area contributed by atoms with E-state index in [4.69, 9.17) is 9.47 Å². The van der Waals surface area contributed by atoms with Crippen LogP contribution in [0.4, 0.5) is 17.1 Å². The summed E-state index contributed by atoms with van der Waals surface area (Å²) in [5.74, 6) is 3.73. The van der Waals surface area contributed by atoms with Gasteiger partial charge in [0.25, 0.3) is 0 Å². The molecule has 258 valence electrons. The molecule has 6 heteroatoms. The lowest BCUT2D eigenvalue weighted by molar-refractivity contribution is 0.456. The molecule has 0 N–H and O–H groups in total. The molecule has 53 heavy (non-hydrogen) atoms. The predicted octanol–water partition coefficient (Wildman–Crippen LogP) is 12.8. The summed E-state index contributed by atoms with van der Waals surface area (Å²) in [5, 5.41) is 2.64. The van der Waals surface area contributed by atoms with Crippen LogP contribution in [0.5, 0.6) is 23.0 Å². The second kappa shape index (κ2) is 12.2. The lowest BCUT2D eigenvalue weighted by atomic mass is 9.77. The van der Waals surface area contributed by atoms with Gasteiger partial charge in [0.15, 0.2) is 5.75 Å². The van der Waals surface area contributed by atoms with E-state index >= 15 is 0 Å². The van der Waals surface area contributed by atoms with Crippen LogP contribution in [0.15, 0.2) is 171 Å². The molecule has 3 heterocycles. The average Bonchev–Trinajstić information content (AvgIpc) is 3.18. The van der Waals surface area contributed by atoms with Crippen LogP contribution in [0.1, 0.15) is 25.0 Å². The quantitative estimate of drug-likeness (QED) is 0.167. The van der Waals surface area contributed by atoms with Crippen molar-refractivity contribution in [2.45, 2.75) is 51.9 Å². The summed E-state index contributed by atoms with van der Waals surface area (Å²) >= 11 is 3.64. The van der Waals surface area contributed by atoms with Crippen molar-refractivity contribution in [3.05, 3.63) is 163 Å². The molecule has 0 unspecified atom stereocenters. The van der Waals surface area contributed by atoms with E-state index in [0.717, 1.165) is 61.0 Å². The van der Waals surface area contributed by atoms with Crippen LogP contribution in [0.3, 0.4) is 0 Å². The van der Waals surface area contributed by atoms with Crippen molar-refractivity contribution in [3.63, 3.8) is 0 Å². The van der Waals surface area contributed by atoms with Gasteiger partial charge in [0.1, 0.15) is 25.3 Å². The number of para-hydroxylation sites is 4. The van der Waals surface area contributed by atoms with Crippen molar-refractivity contribution in [3.8, 4) is 34.1 Å². The second-order valence-corrected chi connectivity index (χ2v) is 21.4. The minimum absolute atomic E-state index is 0.161. The lowest BCUT2D eigenvalue weighted by Gasteiger charge is -2.39. The van der Waals surface area contributed by atoms with E-state index in [-0.39, 0.29) is 5.41 Å². The minimum Gasteiger partial charge on any atom is -0.455 e. The maximum atomic E-state index is 6.96. The molecule has 7 aromatic carbocycles. The molecule has 0 amide bonds. The topological polar surface area (TPSA) is 21.7 Å². The fraction of sp³-hybridized carbons (Fsp3) is 0.106. The van der Waals surface area contributed by atoms with E-state index in [1.165, 1.54) is 31.3 Å². The zero-order valence-corrected chi connectivity index (χ0v) is 32.6. The maximum Gasteiger partial charge on any atom is 0.151 e. The van der Waals surface area contributed by atoms with Crippen LogP contribution in [0.25, 0.3) is 11.1 Å². The molecule has 0 aliphatic carbocycles. The largest absolute Gasteiger partial charge is 0.455 e. The SMILES string of the molecule is CC1(C)c2ccccc2Sc2c(N(c3ccc(-c4cccc5c4Oc4ccccc4S5)cc3)c3cccc4c3Oc3ccccc3[Si]4(C)C)cccc21. The molecular formula is C47H37NO2S2Si. The number of ether oxygens (including phenoxy) is 2. The fourth-order valence-electron chi connectivity index (χ4n) is 8.23. The van der Waals surface area contributed by atoms with Gasteiger partial charge in [-0.3, -0.25) is 0 Å². The summed E-state index contributed by atoms with van der Waals surface area (Å²) in [6, 6.07) is 54.7. The summed E-state index contributed by atoms with van der Waals surface area (Å²) < 4.78 is 13.5. The van der Waals surface area contributed by atoms with E-state index in [1.807, 2.05) is 23.9 Å². The van der Waals surface area contributed by atoms with Crippen LogP contribution in [-0.2, 0) is 5.41 Å². The Morgan fingerprint density at radius 1 is 0.509 bits per heavy atom. The molecule has 3 aliphatic heterocycles. The maximum absolute atomic E-state index is 6.96. The lowest BCUT2D eigenvalue weighted by Crippen LogP contribution is -2.56. The molecule has 0 bridgehead atoms. The molecular weight excluding hydrogens is 703 g/mol. The fourth-order valence-corrected chi connectivity index (χ4v) is 13.5. The third-order valence-electron chi connectivity index (χ3n) is 11.1. The highest BCUT2D eigenvalue weighted by molar-refractivity contribution is 8.00. The smallest absolute Gasteiger partial charge is 0.151 e. The highest BCUT2D eigenvalue weighted by Crippen LogP contribution is 2.56. The first-order valence-electron chi connectivity index (χ1n) is 18.1. The minimum atomic E-state index is -2.08. The van der Waals surface area contributed by atoms with E-state index in [1.54, 1.807) is 11.8 Å². The van der Waals surface area contributed by atoms with Crippen molar-refractivity contribution in [1.29, 1.82) is 0 Å². The van der Waals surface area contributed by atoms with Gasteiger partial charge in [0.2, 0.25) is 0 Å². The standard InChI is InChI=1S/C47H37NO2S2Si/c1-47(2)33-15-5-8-21-39(33)52-46-34(47)16-12-18-36(46)48(35-17-13-25-43-45(35)50-38-20-7-10-24-42(38)53(43,3)4)31-28-26-30(27-29-31)32-14-11-23-41-44(32)49-37-19-6-9-22-40(37)51-41/h5-29H,1-4H3. The molecule has 7 aromatic rings. The van der Waals surface area contributed by atoms with Gasteiger partial charge in [0, 0.05) is 26.5 Å². The highest BCUT2D eigenvalue weighted by atomic mass is 32.2. The Labute approximate surface area is 320 Å². The van der Waals surface area contributed by atoms with Gasteiger partial charge in [0.05, 0.1) is 21.2 Å². The summed E-state index contributed by atoms with van der Waals surface area (Å²) in [6.07, 6.45) is 0. The summed E-state index contributed by atoms with van der Waals surface area (Å²) in [5.41, 5.74) is 7.99. The molecule has 0 radical (unpaired) electrons. The number of anilines is 3. The van der Waals surface area contributed by atoms with Crippen molar-refractivity contribution < 1.29 is 9.47 Å². The van der Waals surface area contributed by atoms with Crippen LogP contribution < -0.4 is 24.7 Å². The van der Waals surface area contributed by atoms with Gasteiger partial charge in [-0.1, -0.05) is 148 Å². The summed E-state index contributed by atoms with van der Waals surface area (Å²) in [6.45, 7) is 9.58. The molecule has 3 nitrogen and oxygen atoms in total. The van der Waals surface area contributed by atoms with E-state index in [2.05, 4.69) is 171 Å².